The predicted octanol–water partition coefficient (Wildman–Crippen LogP) is 1.66. The van der Waals surface area contributed by atoms with Gasteiger partial charge < -0.3 is 9.74 Å². The van der Waals surface area contributed by atoms with E-state index < -0.39 is 0 Å². The third kappa shape index (κ3) is 3.28. The van der Waals surface area contributed by atoms with Crippen LogP contribution in [0.15, 0.2) is 24.0 Å². The standard InChI is InChI=1S/C13H19N3O/c1-11-8-12-9-14-5-4-13(12)17-16(10-11)7-6-15(2)3/h4-5,8-9H,6-7,10H2,1-3H3. The van der Waals surface area contributed by atoms with Crippen molar-refractivity contribution in [1.82, 2.24) is 14.9 Å². The first kappa shape index (κ1) is 12.1. The second-order valence-electron chi connectivity index (χ2n) is 4.66. The number of fused-ring (bicyclic) bond motifs is 1. The quantitative estimate of drug-likeness (QED) is 0.794. The van der Waals surface area contributed by atoms with E-state index in [4.69, 9.17) is 4.84 Å². The Morgan fingerprint density at radius 1 is 1.47 bits per heavy atom. The van der Waals surface area contributed by atoms with Crippen LogP contribution in [0.5, 0.6) is 5.75 Å². The van der Waals surface area contributed by atoms with Crippen molar-refractivity contribution in [2.75, 3.05) is 33.7 Å². The molecule has 0 unspecified atom stereocenters. The SMILES string of the molecule is CC1=Cc2cnccc2ON(CCN(C)C)C1. The predicted molar refractivity (Wildman–Crippen MR) is 68.6 cm³/mol. The Morgan fingerprint density at radius 3 is 3.06 bits per heavy atom. The number of aromatic nitrogens is 1. The van der Waals surface area contributed by atoms with Crippen molar-refractivity contribution in [3.8, 4) is 5.75 Å². The van der Waals surface area contributed by atoms with Gasteiger partial charge in [-0.05, 0) is 27.1 Å². The molecule has 17 heavy (non-hydrogen) atoms. The van der Waals surface area contributed by atoms with Gasteiger partial charge in [0.15, 0.2) is 5.75 Å². The van der Waals surface area contributed by atoms with E-state index in [9.17, 15) is 0 Å². The maximum atomic E-state index is 5.89. The Balaban J connectivity index is 2.12. The van der Waals surface area contributed by atoms with Crippen LogP contribution in [0.1, 0.15) is 12.5 Å². The smallest absolute Gasteiger partial charge is 0.157 e. The highest BCUT2D eigenvalue weighted by atomic mass is 16.7. The monoisotopic (exact) mass is 233 g/mol. The molecule has 0 bridgehead atoms. The van der Waals surface area contributed by atoms with E-state index in [1.54, 1.807) is 6.20 Å². The van der Waals surface area contributed by atoms with Gasteiger partial charge in [0.2, 0.25) is 0 Å². The van der Waals surface area contributed by atoms with E-state index in [0.29, 0.717) is 0 Å². The molecule has 1 aromatic heterocycles. The average Bonchev–Trinajstić information content (AvgIpc) is 2.43. The summed E-state index contributed by atoms with van der Waals surface area (Å²) in [5.41, 5.74) is 2.34. The average molecular weight is 233 g/mol. The minimum atomic E-state index is 0.836. The molecule has 0 saturated carbocycles. The first-order chi connectivity index (χ1) is 8.15. The fraction of sp³-hybridized carbons (Fsp3) is 0.462. The van der Waals surface area contributed by atoms with Gasteiger partial charge in [-0.25, -0.2) is 0 Å². The van der Waals surface area contributed by atoms with Crippen molar-refractivity contribution in [2.24, 2.45) is 0 Å². The molecule has 0 spiro atoms. The molecule has 2 heterocycles. The van der Waals surface area contributed by atoms with E-state index in [1.165, 1.54) is 5.57 Å². The molecule has 4 nitrogen and oxygen atoms in total. The first-order valence-electron chi connectivity index (χ1n) is 5.84. The van der Waals surface area contributed by atoms with E-state index in [0.717, 1.165) is 30.9 Å². The van der Waals surface area contributed by atoms with Gasteiger partial charge >= 0.3 is 0 Å². The highest BCUT2D eigenvalue weighted by Crippen LogP contribution is 2.24. The van der Waals surface area contributed by atoms with Crippen LogP contribution in [0.4, 0.5) is 0 Å². The van der Waals surface area contributed by atoms with Gasteiger partial charge in [-0.15, -0.1) is 5.06 Å². The largest absolute Gasteiger partial charge is 0.405 e. The molecule has 0 radical (unpaired) electrons. The molecule has 0 amide bonds. The van der Waals surface area contributed by atoms with E-state index in [-0.39, 0.29) is 0 Å². The minimum Gasteiger partial charge on any atom is -0.405 e. The van der Waals surface area contributed by atoms with Crippen LogP contribution in [0.25, 0.3) is 6.08 Å². The summed E-state index contributed by atoms with van der Waals surface area (Å²) in [7, 11) is 4.14. The summed E-state index contributed by atoms with van der Waals surface area (Å²) in [5.74, 6) is 0.885. The Morgan fingerprint density at radius 2 is 2.29 bits per heavy atom. The molecule has 92 valence electrons. The van der Waals surface area contributed by atoms with Crippen LogP contribution >= 0.6 is 0 Å². The van der Waals surface area contributed by atoms with Crippen molar-refractivity contribution in [1.29, 1.82) is 0 Å². The summed E-state index contributed by atoms with van der Waals surface area (Å²) in [5, 5.41) is 2.00. The van der Waals surface area contributed by atoms with E-state index >= 15 is 0 Å². The molecule has 0 N–H and O–H groups in total. The molecule has 0 fully saturated rings. The van der Waals surface area contributed by atoms with Crippen molar-refractivity contribution in [2.45, 2.75) is 6.92 Å². The lowest BCUT2D eigenvalue weighted by molar-refractivity contribution is -0.0517. The van der Waals surface area contributed by atoms with Gasteiger partial charge in [0.05, 0.1) is 6.54 Å². The molecular weight excluding hydrogens is 214 g/mol. The van der Waals surface area contributed by atoms with Gasteiger partial charge in [0.25, 0.3) is 0 Å². The zero-order valence-corrected chi connectivity index (χ0v) is 10.7. The highest BCUT2D eigenvalue weighted by molar-refractivity contribution is 5.59. The van der Waals surface area contributed by atoms with E-state index in [2.05, 4.69) is 37.0 Å². The van der Waals surface area contributed by atoms with Crippen LogP contribution in [-0.4, -0.2) is 48.7 Å². The van der Waals surface area contributed by atoms with Crippen molar-refractivity contribution >= 4 is 6.08 Å². The number of rotatable bonds is 3. The second-order valence-corrected chi connectivity index (χ2v) is 4.66. The van der Waals surface area contributed by atoms with Crippen LogP contribution in [0.3, 0.4) is 0 Å². The minimum absolute atomic E-state index is 0.836. The highest BCUT2D eigenvalue weighted by Gasteiger charge is 2.14. The van der Waals surface area contributed by atoms with Gasteiger partial charge in [0, 0.05) is 37.1 Å². The second kappa shape index (κ2) is 5.29. The fourth-order valence-corrected chi connectivity index (χ4v) is 1.78. The molecule has 0 aliphatic carbocycles. The van der Waals surface area contributed by atoms with Crippen LogP contribution in [-0.2, 0) is 0 Å². The maximum Gasteiger partial charge on any atom is 0.157 e. The number of nitrogens with zero attached hydrogens (tertiary/aromatic N) is 3. The summed E-state index contributed by atoms with van der Waals surface area (Å²) >= 11 is 0. The lowest BCUT2D eigenvalue weighted by Gasteiger charge is -2.23. The fourth-order valence-electron chi connectivity index (χ4n) is 1.78. The van der Waals surface area contributed by atoms with Crippen LogP contribution < -0.4 is 4.84 Å². The molecule has 0 atom stereocenters. The van der Waals surface area contributed by atoms with Gasteiger partial charge in [-0.3, -0.25) is 4.98 Å². The number of pyridine rings is 1. The molecule has 1 aromatic rings. The number of hydrogen-bond acceptors (Lipinski definition) is 4. The zero-order valence-electron chi connectivity index (χ0n) is 10.7. The Hall–Kier alpha value is -1.39. The van der Waals surface area contributed by atoms with Crippen molar-refractivity contribution < 1.29 is 4.84 Å². The third-order valence-electron chi connectivity index (χ3n) is 2.66. The first-order valence-corrected chi connectivity index (χ1v) is 5.84. The third-order valence-corrected chi connectivity index (χ3v) is 2.66. The summed E-state index contributed by atoms with van der Waals surface area (Å²) in [4.78, 5) is 12.2. The van der Waals surface area contributed by atoms with Gasteiger partial charge in [-0.1, -0.05) is 5.57 Å². The lowest BCUT2D eigenvalue weighted by Crippen LogP contribution is -2.35. The number of likely N-dealkylation sites (N-methyl/N-ethyl adjacent to an activating group) is 1. The molecular formula is C13H19N3O. The van der Waals surface area contributed by atoms with Crippen LogP contribution in [0, 0.1) is 0 Å². The number of hydrogen-bond donors (Lipinski definition) is 0. The number of hydroxylamine groups is 2. The Bertz CT molecular complexity index is 415. The van der Waals surface area contributed by atoms with Crippen molar-refractivity contribution in [3.05, 3.63) is 29.6 Å². The molecule has 2 rings (SSSR count). The normalized spacial score (nSPS) is 16.1. The molecule has 1 aliphatic rings. The van der Waals surface area contributed by atoms with E-state index in [1.807, 2.05) is 17.3 Å². The maximum absolute atomic E-state index is 5.89. The summed E-state index contributed by atoms with van der Waals surface area (Å²) in [6.45, 7) is 4.82. The Kier molecular flexibility index (Phi) is 3.76. The topological polar surface area (TPSA) is 28.6 Å². The molecule has 4 heteroatoms. The molecule has 0 saturated heterocycles. The van der Waals surface area contributed by atoms with Crippen LogP contribution in [0.2, 0.25) is 0 Å². The summed E-state index contributed by atoms with van der Waals surface area (Å²) < 4.78 is 0. The van der Waals surface area contributed by atoms with Gasteiger partial charge in [0.1, 0.15) is 0 Å². The lowest BCUT2D eigenvalue weighted by atomic mass is 10.2. The molecule has 0 aromatic carbocycles. The van der Waals surface area contributed by atoms with Crippen molar-refractivity contribution in [3.63, 3.8) is 0 Å². The molecule has 1 aliphatic heterocycles. The summed E-state index contributed by atoms with van der Waals surface area (Å²) in [6, 6.07) is 1.91. The zero-order chi connectivity index (χ0) is 12.3. The Labute approximate surface area is 102 Å². The summed E-state index contributed by atoms with van der Waals surface area (Å²) in [6.07, 6.45) is 5.74. The van der Waals surface area contributed by atoms with Gasteiger partial charge in [-0.2, -0.15) is 0 Å².